The molecule has 0 aromatic rings. The molecule has 0 spiro atoms. The maximum atomic E-state index is 9.19. The molecule has 10 heavy (non-hydrogen) atoms. The van der Waals surface area contributed by atoms with Crippen molar-refractivity contribution in [3.8, 4) is 0 Å². The molecular weight excluding hydrogens is 140 g/mol. The summed E-state index contributed by atoms with van der Waals surface area (Å²) in [4.78, 5) is 0. The van der Waals surface area contributed by atoms with Crippen molar-refractivity contribution < 1.29 is 25.2 Å². The van der Waals surface area contributed by atoms with Crippen molar-refractivity contribution in [2.45, 2.75) is 30.2 Å². The zero-order chi connectivity index (χ0) is 7.52. The Morgan fingerprint density at radius 3 is 2.00 bits per heavy atom. The van der Waals surface area contributed by atoms with E-state index in [9.17, 15) is 5.11 Å². The molecule has 0 radical (unpaired) electrons. The Balaban J connectivity index is 2.20. The Hall–Kier alpha value is -0.200. The van der Waals surface area contributed by atoms with Gasteiger partial charge in [0.25, 0.3) is 0 Å². The van der Waals surface area contributed by atoms with Crippen molar-refractivity contribution in [2.75, 3.05) is 0 Å². The molecule has 1 saturated heterocycles. The standard InChI is InChI=1S/C5H8O5/c6-1-3-5(1,9)2(7)4(8)10-3/h1-4,6-9H/t1-,2?,3?,4+,5?/m0/s1. The normalized spacial score (nSPS) is 66.0. The van der Waals surface area contributed by atoms with E-state index in [0.29, 0.717) is 0 Å². The summed E-state index contributed by atoms with van der Waals surface area (Å²) in [6, 6.07) is 0. The van der Waals surface area contributed by atoms with Gasteiger partial charge < -0.3 is 25.2 Å². The number of aliphatic hydroxyl groups excluding tert-OH is 3. The third-order valence-corrected chi connectivity index (χ3v) is 2.14. The molecule has 2 fully saturated rings. The molecule has 1 aliphatic carbocycles. The van der Waals surface area contributed by atoms with E-state index in [1.807, 2.05) is 0 Å². The van der Waals surface area contributed by atoms with Crippen LogP contribution in [0.25, 0.3) is 0 Å². The summed E-state index contributed by atoms with van der Waals surface area (Å²) in [5.41, 5.74) is -1.61. The largest absolute Gasteiger partial charge is 0.387 e. The van der Waals surface area contributed by atoms with Gasteiger partial charge in [0.05, 0.1) is 0 Å². The molecule has 5 atom stereocenters. The molecule has 2 aliphatic rings. The molecule has 0 aromatic heterocycles. The summed E-state index contributed by atoms with van der Waals surface area (Å²) < 4.78 is 4.57. The molecule has 5 heteroatoms. The van der Waals surface area contributed by atoms with Gasteiger partial charge in [-0.2, -0.15) is 0 Å². The molecule has 5 nitrogen and oxygen atoms in total. The van der Waals surface area contributed by atoms with E-state index in [1.54, 1.807) is 0 Å². The second kappa shape index (κ2) is 1.51. The summed E-state index contributed by atoms with van der Waals surface area (Å²) in [5.74, 6) is 0. The van der Waals surface area contributed by atoms with E-state index in [4.69, 9.17) is 15.3 Å². The van der Waals surface area contributed by atoms with Gasteiger partial charge in [0.1, 0.15) is 18.3 Å². The second-order valence-corrected chi connectivity index (χ2v) is 2.72. The lowest BCUT2D eigenvalue weighted by Gasteiger charge is -2.14. The highest BCUT2D eigenvalue weighted by Crippen LogP contribution is 2.49. The summed E-state index contributed by atoms with van der Waals surface area (Å²) >= 11 is 0. The first-order valence-corrected chi connectivity index (χ1v) is 3.00. The zero-order valence-electron chi connectivity index (χ0n) is 5.01. The van der Waals surface area contributed by atoms with Crippen LogP contribution in [0.5, 0.6) is 0 Å². The summed E-state index contributed by atoms with van der Waals surface area (Å²) in [5, 5.41) is 35.7. The van der Waals surface area contributed by atoms with Gasteiger partial charge in [-0.3, -0.25) is 0 Å². The van der Waals surface area contributed by atoms with Crippen molar-refractivity contribution in [3.63, 3.8) is 0 Å². The molecule has 0 bridgehead atoms. The summed E-state index contributed by atoms with van der Waals surface area (Å²) in [6.07, 6.45) is -4.60. The van der Waals surface area contributed by atoms with E-state index >= 15 is 0 Å². The van der Waals surface area contributed by atoms with Gasteiger partial charge in [0, 0.05) is 0 Å². The van der Waals surface area contributed by atoms with Gasteiger partial charge in [0.2, 0.25) is 0 Å². The average molecular weight is 148 g/mol. The lowest BCUT2D eigenvalue weighted by Crippen LogP contribution is -2.38. The van der Waals surface area contributed by atoms with Crippen LogP contribution in [0.15, 0.2) is 0 Å². The van der Waals surface area contributed by atoms with Crippen molar-refractivity contribution in [1.29, 1.82) is 0 Å². The molecule has 3 unspecified atom stereocenters. The Labute approximate surface area is 56.5 Å². The molecule has 58 valence electrons. The van der Waals surface area contributed by atoms with Gasteiger partial charge in [-0.05, 0) is 0 Å². The topological polar surface area (TPSA) is 90.2 Å². The van der Waals surface area contributed by atoms with E-state index in [2.05, 4.69) is 4.74 Å². The molecule has 0 aromatic carbocycles. The average Bonchev–Trinajstić information content (AvgIpc) is 2.29. The molecule has 1 saturated carbocycles. The maximum Gasteiger partial charge on any atom is 0.184 e. The van der Waals surface area contributed by atoms with E-state index < -0.39 is 30.2 Å². The minimum Gasteiger partial charge on any atom is -0.387 e. The zero-order valence-corrected chi connectivity index (χ0v) is 5.01. The first kappa shape index (κ1) is 6.51. The van der Waals surface area contributed by atoms with Crippen LogP contribution in [0.4, 0.5) is 0 Å². The molecule has 4 N–H and O–H groups in total. The first-order chi connectivity index (χ1) is 4.58. The third-order valence-electron chi connectivity index (χ3n) is 2.14. The van der Waals surface area contributed by atoms with Crippen LogP contribution in [-0.4, -0.2) is 50.6 Å². The smallest absolute Gasteiger partial charge is 0.184 e. The highest BCUT2D eigenvalue weighted by atomic mass is 16.7. The van der Waals surface area contributed by atoms with Crippen LogP contribution < -0.4 is 0 Å². The second-order valence-electron chi connectivity index (χ2n) is 2.72. The lowest BCUT2D eigenvalue weighted by atomic mass is 10.2. The fraction of sp³-hybridized carbons (Fsp3) is 1.00. The fourth-order valence-electron chi connectivity index (χ4n) is 1.32. The molecular formula is C5H8O5. The van der Waals surface area contributed by atoms with Gasteiger partial charge in [0.15, 0.2) is 11.9 Å². The van der Waals surface area contributed by atoms with Crippen LogP contribution in [-0.2, 0) is 4.74 Å². The van der Waals surface area contributed by atoms with Crippen LogP contribution in [0, 0.1) is 0 Å². The van der Waals surface area contributed by atoms with E-state index in [1.165, 1.54) is 0 Å². The number of hydrogen-bond donors (Lipinski definition) is 4. The van der Waals surface area contributed by atoms with Gasteiger partial charge in [-0.25, -0.2) is 0 Å². The van der Waals surface area contributed by atoms with Crippen molar-refractivity contribution >= 4 is 0 Å². The van der Waals surface area contributed by atoms with Crippen molar-refractivity contribution in [3.05, 3.63) is 0 Å². The number of fused-ring (bicyclic) bond motifs is 1. The fourth-order valence-corrected chi connectivity index (χ4v) is 1.32. The van der Waals surface area contributed by atoms with Crippen molar-refractivity contribution in [1.82, 2.24) is 0 Å². The number of aliphatic hydroxyl groups is 4. The Morgan fingerprint density at radius 2 is 1.70 bits per heavy atom. The molecule has 1 aliphatic heterocycles. The van der Waals surface area contributed by atoms with Crippen molar-refractivity contribution in [2.24, 2.45) is 0 Å². The highest BCUT2D eigenvalue weighted by Gasteiger charge is 2.76. The molecule has 0 amide bonds. The van der Waals surface area contributed by atoms with Crippen LogP contribution in [0.1, 0.15) is 0 Å². The number of hydrogen-bond acceptors (Lipinski definition) is 5. The Bertz CT molecular complexity index is 171. The van der Waals surface area contributed by atoms with E-state index in [-0.39, 0.29) is 0 Å². The van der Waals surface area contributed by atoms with E-state index in [0.717, 1.165) is 0 Å². The monoisotopic (exact) mass is 148 g/mol. The summed E-state index contributed by atoms with van der Waals surface area (Å²) in [6.45, 7) is 0. The quantitative estimate of drug-likeness (QED) is 0.297. The highest BCUT2D eigenvalue weighted by molar-refractivity contribution is 5.23. The van der Waals surface area contributed by atoms with Gasteiger partial charge in [-0.1, -0.05) is 0 Å². The predicted molar refractivity (Wildman–Crippen MR) is 27.8 cm³/mol. The predicted octanol–water partition coefficient (Wildman–Crippen LogP) is -2.83. The third kappa shape index (κ3) is 0.467. The SMILES string of the molecule is OC1[C@H](O)OC2[C@H](O)C12O. The Kier molecular flexibility index (Phi) is 0.986. The van der Waals surface area contributed by atoms with Crippen LogP contribution in [0.3, 0.4) is 0 Å². The minimum atomic E-state index is -1.61. The van der Waals surface area contributed by atoms with Crippen LogP contribution in [0.2, 0.25) is 0 Å². The molecule has 1 heterocycles. The maximum absolute atomic E-state index is 9.19. The lowest BCUT2D eigenvalue weighted by molar-refractivity contribution is -0.160. The van der Waals surface area contributed by atoms with Crippen LogP contribution >= 0.6 is 0 Å². The van der Waals surface area contributed by atoms with Gasteiger partial charge in [-0.15, -0.1) is 0 Å². The first-order valence-electron chi connectivity index (χ1n) is 3.00. The summed E-state index contributed by atoms with van der Waals surface area (Å²) in [7, 11) is 0. The van der Waals surface area contributed by atoms with Gasteiger partial charge >= 0.3 is 0 Å². The minimum absolute atomic E-state index is 0.808. The number of ether oxygens (including phenoxy) is 1. The number of rotatable bonds is 0. The Morgan fingerprint density at radius 1 is 1.10 bits per heavy atom. The molecule has 2 rings (SSSR count).